The zero-order valence-electron chi connectivity index (χ0n) is 14.0. The normalized spacial score (nSPS) is 11.8. The van der Waals surface area contributed by atoms with Crippen LogP contribution < -0.4 is 9.47 Å². The maximum Gasteiger partial charge on any atom is 0.258 e. The molecule has 2 rings (SSSR count). The third-order valence-corrected chi connectivity index (χ3v) is 4.51. The van der Waals surface area contributed by atoms with Gasteiger partial charge in [-0.25, -0.2) is 0 Å². The zero-order chi connectivity index (χ0) is 17.9. The third-order valence-electron chi connectivity index (χ3n) is 3.95. The molecule has 1 atom stereocenters. The molecule has 0 N–H and O–H groups in total. The van der Waals surface area contributed by atoms with Crippen LogP contribution in [0.2, 0.25) is 10.0 Å². The van der Waals surface area contributed by atoms with Crippen LogP contribution in [0.4, 0.5) is 0 Å². The highest BCUT2D eigenvalue weighted by Crippen LogP contribution is 2.34. The lowest BCUT2D eigenvalue weighted by Crippen LogP contribution is -2.30. The second-order valence-electron chi connectivity index (χ2n) is 5.30. The van der Waals surface area contributed by atoms with E-state index in [0.29, 0.717) is 27.1 Å². The summed E-state index contributed by atoms with van der Waals surface area (Å²) in [6, 6.07) is 10.2. The fourth-order valence-electron chi connectivity index (χ4n) is 2.47. The summed E-state index contributed by atoms with van der Waals surface area (Å²) in [6.45, 7) is 1.90. The Morgan fingerprint density at radius 2 is 1.83 bits per heavy atom. The Labute approximate surface area is 151 Å². The predicted octanol–water partition coefficient (Wildman–Crippen LogP) is 4.84. The van der Waals surface area contributed by atoms with Gasteiger partial charge in [-0.1, -0.05) is 35.3 Å². The minimum atomic E-state index is -0.238. The molecular formula is C18H19Cl2NO3. The lowest BCUT2D eigenvalue weighted by atomic mass is 10.1. The van der Waals surface area contributed by atoms with Crippen molar-refractivity contribution in [3.8, 4) is 11.5 Å². The van der Waals surface area contributed by atoms with E-state index in [4.69, 9.17) is 32.7 Å². The van der Waals surface area contributed by atoms with Gasteiger partial charge in [0.15, 0.2) is 11.5 Å². The van der Waals surface area contributed by atoms with Crippen LogP contribution in [0.1, 0.15) is 28.9 Å². The first-order chi connectivity index (χ1) is 11.4. The molecule has 1 unspecified atom stereocenters. The number of carbonyl (C=O) groups is 1. The van der Waals surface area contributed by atoms with Crippen LogP contribution in [0.5, 0.6) is 11.5 Å². The van der Waals surface area contributed by atoms with Gasteiger partial charge in [0.1, 0.15) is 0 Å². The smallest absolute Gasteiger partial charge is 0.258 e. The molecule has 6 heteroatoms. The molecule has 0 heterocycles. The summed E-state index contributed by atoms with van der Waals surface area (Å²) in [5, 5.41) is 1.08. The van der Waals surface area contributed by atoms with E-state index in [2.05, 4.69) is 0 Å². The number of rotatable bonds is 5. The largest absolute Gasteiger partial charge is 0.493 e. The number of benzene rings is 2. The molecule has 0 radical (unpaired) electrons. The second kappa shape index (κ2) is 7.77. The van der Waals surface area contributed by atoms with Crippen LogP contribution in [-0.4, -0.2) is 32.1 Å². The molecule has 0 saturated heterocycles. The van der Waals surface area contributed by atoms with Gasteiger partial charge in [0, 0.05) is 17.1 Å². The van der Waals surface area contributed by atoms with Crippen molar-refractivity contribution in [3.05, 3.63) is 57.6 Å². The molecule has 2 aromatic rings. The van der Waals surface area contributed by atoms with Gasteiger partial charge in [-0.3, -0.25) is 4.79 Å². The summed E-state index contributed by atoms with van der Waals surface area (Å²) in [5.74, 6) is 0.726. The maximum absolute atomic E-state index is 12.9. The van der Waals surface area contributed by atoms with Crippen molar-refractivity contribution in [1.82, 2.24) is 4.90 Å². The molecule has 0 aliphatic heterocycles. The van der Waals surface area contributed by atoms with Gasteiger partial charge >= 0.3 is 0 Å². The molecule has 0 fully saturated rings. The van der Waals surface area contributed by atoms with Gasteiger partial charge in [-0.05, 0) is 36.8 Å². The highest BCUT2D eigenvalue weighted by Gasteiger charge is 2.24. The first-order valence-electron chi connectivity index (χ1n) is 7.33. The van der Waals surface area contributed by atoms with E-state index in [9.17, 15) is 4.79 Å². The van der Waals surface area contributed by atoms with E-state index in [1.807, 2.05) is 13.0 Å². The van der Waals surface area contributed by atoms with Gasteiger partial charge in [0.05, 0.1) is 25.8 Å². The molecule has 0 saturated carbocycles. The van der Waals surface area contributed by atoms with Crippen LogP contribution in [-0.2, 0) is 0 Å². The minimum Gasteiger partial charge on any atom is -0.493 e. The number of amides is 1. The van der Waals surface area contributed by atoms with Crippen molar-refractivity contribution in [2.75, 3.05) is 21.3 Å². The highest BCUT2D eigenvalue weighted by molar-refractivity contribution is 6.35. The number of methoxy groups -OCH3 is 2. The molecule has 128 valence electrons. The Morgan fingerprint density at radius 1 is 1.12 bits per heavy atom. The fraction of sp³-hybridized carbons (Fsp3) is 0.278. The van der Waals surface area contributed by atoms with E-state index < -0.39 is 0 Å². The van der Waals surface area contributed by atoms with Gasteiger partial charge in [-0.2, -0.15) is 0 Å². The van der Waals surface area contributed by atoms with E-state index in [0.717, 1.165) is 5.56 Å². The number of nitrogens with zero attached hydrogens (tertiary/aromatic N) is 1. The molecule has 0 spiro atoms. The van der Waals surface area contributed by atoms with Crippen LogP contribution in [0.25, 0.3) is 0 Å². The summed E-state index contributed by atoms with van der Waals surface area (Å²) in [6.07, 6.45) is 0. The molecule has 1 amide bonds. The molecular weight excluding hydrogens is 349 g/mol. The summed E-state index contributed by atoms with van der Waals surface area (Å²) in [7, 11) is 4.76. The van der Waals surface area contributed by atoms with Crippen LogP contribution in [0, 0.1) is 0 Å². The average Bonchev–Trinajstić information content (AvgIpc) is 2.59. The molecule has 24 heavy (non-hydrogen) atoms. The lowest BCUT2D eigenvalue weighted by Gasteiger charge is -2.27. The fourth-order valence-corrected chi connectivity index (χ4v) is 3.04. The van der Waals surface area contributed by atoms with Gasteiger partial charge in [0.25, 0.3) is 5.91 Å². The predicted molar refractivity (Wildman–Crippen MR) is 96.5 cm³/mol. The van der Waals surface area contributed by atoms with E-state index in [1.165, 1.54) is 14.2 Å². The molecule has 2 aromatic carbocycles. The van der Waals surface area contributed by atoms with Gasteiger partial charge in [0.2, 0.25) is 0 Å². The van der Waals surface area contributed by atoms with Crippen LogP contribution in [0.3, 0.4) is 0 Å². The molecule has 0 aromatic heterocycles. The number of para-hydroxylation sites is 1. The van der Waals surface area contributed by atoms with E-state index in [-0.39, 0.29) is 11.9 Å². The Hall–Kier alpha value is -1.91. The Morgan fingerprint density at radius 3 is 2.42 bits per heavy atom. The number of hydrogen-bond donors (Lipinski definition) is 0. The summed E-state index contributed by atoms with van der Waals surface area (Å²) in [5.41, 5.74) is 1.25. The summed E-state index contributed by atoms with van der Waals surface area (Å²) >= 11 is 12.2. The quantitative estimate of drug-likeness (QED) is 0.758. The van der Waals surface area contributed by atoms with Crippen molar-refractivity contribution in [3.63, 3.8) is 0 Å². The van der Waals surface area contributed by atoms with Gasteiger partial charge in [-0.15, -0.1) is 0 Å². The van der Waals surface area contributed by atoms with Crippen molar-refractivity contribution in [1.29, 1.82) is 0 Å². The number of ether oxygens (including phenoxy) is 2. The van der Waals surface area contributed by atoms with Crippen LogP contribution >= 0.6 is 23.2 Å². The SMILES string of the molecule is COc1cccc(C(=O)N(C)C(C)c2ccc(Cl)cc2Cl)c1OC. The standard InChI is InChI=1S/C18H19Cl2NO3/c1-11(13-9-8-12(19)10-15(13)20)21(2)18(22)14-6-5-7-16(23-3)17(14)24-4/h5-11H,1-4H3. The topological polar surface area (TPSA) is 38.8 Å². The molecule has 0 aliphatic carbocycles. The van der Waals surface area contributed by atoms with E-state index >= 15 is 0 Å². The van der Waals surface area contributed by atoms with Crippen LogP contribution in [0.15, 0.2) is 36.4 Å². The highest BCUT2D eigenvalue weighted by atomic mass is 35.5. The number of carbonyl (C=O) groups excluding carboxylic acids is 1. The first-order valence-corrected chi connectivity index (χ1v) is 8.09. The second-order valence-corrected chi connectivity index (χ2v) is 6.14. The number of hydrogen-bond acceptors (Lipinski definition) is 3. The lowest BCUT2D eigenvalue weighted by molar-refractivity contribution is 0.0738. The Kier molecular flexibility index (Phi) is 5.97. The third kappa shape index (κ3) is 3.60. The monoisotopic (exact) mass is 367 g/mol. The zero-order valence-corrected chi connectivity index (χ0v) is 15.5. The van der Waals surface area contributed by atoms with Crippen molar-refractivity contribution in [2.24, 2.45) is 0 Å². The molecule has 0 aliphatic rings. The first kappa shape index (κ1) is 18.4. The maximum atomic E-state index is 12.9. The minimum absolute atomic E-state index is 0.190. The van der Waals surface area contributed by atoms with Crippen molar-refractivity contribution >= 4 is 29.1 Å². The molecule has 4 nitrogen and oxygen atoms in total. The Bertz CT molecular complexity index is 749. The average molecular weight is 368 g/mol. The Balaban J connectivity index is 2.36. The van der Waals surface area contributed by atoms with Crippen molar-refractivity contribution in [2.45, 2.75) is 13.0 Å². The summed E-state index contributed by atoms with van der Waals surface area (Å²) in [4.78, 5) is 14.5. The summed E-state index contributed by atoms with van der Waals surface area (Å²) < 4.78 is 10.6. The van der Waals surface area contributed by atoms with Crippen molar-refractivity contribution < 1.29 is 14.3 Å². The number of halogens is 2. The molecule has 0 bridgehead atoms. The van der Waals surface area contributed by atoms with E-state index in [1.54, 1.807) is 42.3 Å². The van der Waals surface area contributed by atoms with Gasteiger partial charge < -0.3 is 14.4 Å².